The molecule has 8 heteroatoms. The molecule has 0 aliphatic carbocycles. The van der Waals surface area contributed by atoms with Crippen molar-refractivity contribution in [2.24, 2.45) is 0 Å². The topological polar surface area (TPSA) is 46.2 Å². The first kappa shape index (κ1) is 43.0. The van der Waals surface area contributed by atoms with E-state index in [-0.39, 0.29) is 22.0 Å². The van der Waals surface area contributed by atoms with Gasteiger partial charge in [-0.05, 0) is 102 Å². The third kappa shape index (κ3) is 12.1. The Morgan fingerprint density at radius 2 is 0.755 bits per heavy atom. The van der Waals surface area contributed by atoms with Crippen LogP contribution in [-0.4, -0.2) is 51.5 Å². The molecule has 288 valence electrons. The Labute approximate surface area is 337 Å². The van der Waals surface area contributed by atoms with E-state index in [0.717, 1.165) is 46.5 Å². The van der Waals surface area contributed by atoms with Gasteiger partial charge >= 0.3 is 0 Å². The van der Waals surface area contributed by atoms with Gasteiger partial charge in [0.1, 0.15) is 42.3 Å². The van der Waals surface area contributed by atoms with Gasteiger partial charge in [-0.1, -0.05) is 129 Å². The predicted molar refractivity (Wildman–Crippen MR) is 231 cm³/mol. The normalized spacial score (nSPS) is 12.5. The Morgan fingerprint density at radius 3 is 1.02 bits per heavy atom. The van der Waals surface area contributed by atoms with Crippen molar-refractivity contribution in [1.29, 1.82) is 0 Å². The molecule has 53 heavy (non-hydrogen) atoms. The summed E-state index contributed by atoms with van der Waals surface area (Å²) in [6.45, 7) is 22.5. The number of hydrogen-bond donors (Lipinski definition) is 0. The van der Waals surface area contributed by atoms with E-state index in [1.165, 1.54) is 22.3 Å². The molecule has 0 heterocycles. The lowest BCUT2D eigenvalue weighted by Crippen LogP contribution is -2.47. The molecule has 0 aliphatic heterocycles. The molecular formula is C45H60Br2O5Si. The summed E-state index contributed by atoms with van der Waals surface area (Å²) >= 11 is 6.92. The van der Waals surface area contributed by atoms with Gasteiger partial charge < -0.3 is 23.4 Å². The smallest absolute Gasteiger partial charge is 0.192 e. The molecule has 0 unspecified atom stereocenters. The van der Waals surface area contributed by atoms with Crippen LogP contribution in [0.4, 0.5) is 0 Å². The van der Waals surface area contributed by atoms with Crippen molar-refractivity contribution < 1.29 is 23.4 Å². The lowest BCUT2D eigenvalue weighted by Gasteiger charge is -2.39. The van der Waals surface area contributed by atoms with Crippen LogP contribution < -0.4 is 18.9 Å². The Hall–Kier alpha value is -2.78. The van der Waals surface area contributed by atoms with E-state index in [2.05, 4.69) is 190 Å². The largest absolute Gasteiger partial charge is 0.494 e. The summed E-state index contributed by atoms with van der Waals surface area (Å²) in [5.74, 6) is 3.43. The number of benzene rings is 4. The first-order chi connectivity index (χ1) is 25.1. The van der Waals surface area contributed by atoms with Gasteiger partial charge in [-0.15, -0.1) is 0 Å². The Bertz CT molecular complexity index is 1550. The van der Waals surface area contributed by atoms with E-state index in [1.54, 1.807) is 0 Å². The van der Waals surface area contributed by atoms with Crippen LogP contribution in [0.25, 0.3) is 0 Å². The molecule has 0 atom stereocenters. The SMILES string of the molecule is CC(C)(c1ccc(OCCCBr)cc1)c1ccc(OCC(COc2ccc(C(C)(C)c3ccc(OCCCBr)cc3)cc2)O[Si](C)(C)C(C)(C)C)cc1. The fourth-order valence-corrected chi connectivity index (χ4v) is 7.56. The summed E-state index contributed by atoms with van der Waals surface area (Å²) in [4.78, 5) is 0. The average molecular weight is 869 g/mol. The van der Waals surface area contributed by atoms with Crippen LogP contribution in [0.1, 0.15) is 83.6 Å². The molecule has 0 aliphatic rings. The third-order valence-electron chi connectivity index (χ3n) is 10.5. The molecule has 0 radical (unpaired) electrons. The molecule has 0 N–H and O–H groups in total. The van der Waals surface area contributed by atoms with Crippen LogP contribution in [-0.2, 0) is 15.3 Å². The van der Waals surface area contributed by atoms with Crippen LogP contribution in [0.2, 0.25) is 18.1 Å². The highest BCUT2D eigenvalue weighted by Gasteiger charge is 2.39. The number of ether oxygens (including phenoxy) is 4. The molecule has 5 nitrogen and oxygen atoms in total. The fraction of sp³-hybridized carbons (Fsp3) is 0.467. The molecule has 0 bridgehead atoms. The van der Waals surface area contributed by atoms with Gasteiger partial charge in [0.15, 0.2) is 8.32 Å². The summed E-state index contributed by atoms with van der Waals surface area (Å²) in [7, 11) is -2.10. The highest BCUT2D eigenvalue weighted by atomic mass is 79.9. The minimum absolute atomic E-state index is 0.0571. The van der Waals surface area contributed by atoms with E-state index in [1.807, 2.05) is 0 Å². The van der Waals surface area contributed by atoms with Crippen molar-refractivity contribution >= 4 is 40.2 Å². The van der Waals surface area contributed by atoms with Gasteiger partial charge in [0.05, 0.1) is 13.2 Å². The molecular weight excluding hydrogens is 808 g/mol. The first-order valence-electron chi connectivity index (χ1n) is 18.8. The van der Waals surface area contributed by atoms with Crippen molar-refractivity contribution in [2.45, 2.75) is 96.4 Å². The van der Waals surface area contributed by atoms with Crippen molar-refractivity contribution in [2.75, 3.05) is 37.1 Å². The van der Waals surface area contributed by atoms with Crippen LogP contribution in [0.5, 0.6) is 23.0 Å². The number of rotatable bonds is 20. The molecule has 0 fully saturated rings. The van der Waals surface area contributed by atoms with Crippen molar-refractivity contribution in [1.82, 2.24) is 0 Å². The highest BCUT2D eigenvalue weighted by molar-refractivity contribution is 9.09. The van der Waals surface area contributed by atoms with Crippen molar-refractivity contribution in [3.8, 4) is 23.0 Å². The minimum Gasteiger partial charge on any atom is -0.494 e. The van der Waals surface area contributed by atoms with Gasteiger partial charge in [0, 0.05) is 21.5 Å². The van der Waals surface area contributed by atoms with Crippen molar-refractivity contribution in [3.05, 3.63) is 119 Å². The molecule has 4 aromatic rings. The van der Waals surface area contributed by atoms with Gasteiger partial charge in [0.25, 0.3) is 0 Å². The van der Waals surface area contributed by atoms with Crippen LogP contribution >= 0.6 is 31.9 Å². The van der Waals surface area contributed by atoms with Crippen LogP contribution in [0, 0.1) is 0 Å². The van der Waals surface area contributed by atoms with Crippen molar-refractivity contribution in [3.63, 3.8) is 0 Å². The molecule has 4 rings (SSSR count). The maximum atomic E-state index is 6.86. The molecule has 0 saturated heterocycles. The van der Waals surface area contributed by atoms with Crippen LogP contribution in [0.3, 0.4) is 0 Å². The zero-order valence-corrected chi connectivity index (χ0v) is 37.4. The Balaban J connectivity index is 1.40. The highest BCUT2D eigenvalue weighted by Crippen LogP contribution is 2.38. The molecule has 0 saturated carbocycles. The van der Waals surface area contributed by atoms with Gasteiger partial charge in [0.2, 0.25) is 0 Å². The Kier molecular flexibility index (Phi) is 15.6. The number of alkyl halides is 2. The van der Waals surface area contributed by atoms with Crippen LogP contribution in [0.15, 0.2) is 97.1 Å². The number of hydrogen-bond acceptors (Lipinski definition) is 5. The second-order valence-corrected chi connectivity index (χ2v) is 22.6. The summed E-state index contributed by atoms with van der Waals surface area (Å²) in [6.07, 6.45) is 1.74. The second-order valence-electron chi connectivity index (χ2n) is 16.3. The minimum atomic E-state index is -2.10. The molecule has 4 aromatic carbocycles. The lowest BCUT2D eigenvalue weighted by atomic mass is 9.78. The van der Waals surface area contributed by atoms with Gasteiger partial charge in [-0.3, -0.25) is 0 Å². The molecule has 0 amide bonds. The molecule has 0 spiro atoms. The second kappa shape index (κ2) is 19.2. The van der Waals surface area contributed by atoms with Gasteiger partial charge in [-0.2, -0.15) is 0 Å². The summed E-state index contributed by atoms with van der Waals surface area (Å²) in [5.41, 5.74) is 4.55. The zero-order valence-electron chi connectivity index (χ0n) is 33.3. The maximum absolute atomic E-state index is 6.86. The van der Waals surface area contributed by atoms with E-state index < -0.39 is 8.32 Å². The standard InChI is InChI=1S/C45H60Br2O5Si/c1-43(2,3)53(8,9)52-42(32-50-40-24-16-36(17-25-40)44(4,5)34-12-20-38(21-13-34)48-30-10-28-46)33-51-41-26-18-37(19-27-41)45(6,7)35-14-22-39(23-15-35)49-31-11-29-47/h12-27,42H,10-11,28-33H2,1-9H3. The van der Waals surface area contributed by atoms with E-state index >= 15 is 0 Å². The quantitative estimate of drug-likeness (QED) is 0.0503. The van der Waals surface area contributed by atoms with E-state index in [4.69, 9.17) is 23.4 Å². The summed E-state index contributed by atoms with van der Waals surface area (Å²) < 4.78 is 31.3. The third-order valence-corrected chi connectivity index (χ3v) is 16.2. The summed E-state index contributed by atoms with van der Waals surface area (Å²) in [6, 6.07) is 33.8. The van der Waals surface area contributed by atoms with E-state index in [0.29, 0.717) is 26.4 Å². The number of halogens is 2. The monoisotopic (exact) mass is 866 g/mol. The maximum Gasteiger partial charge on any atom is 0.192 e. The average Bonchev–Trinajstić information content (AvgIpc) is 3.13. The summed E-state index contributed by atoms with van der Waals surface area (Å²) in [5, 5.41) is 1.94. The van der Waals surface area contributed by atoms with E-state index in [9.17, 15) is 0 Å². The molecule has 0 aromatic heterocycles. The first-order valence-corrected chi connectivity index (χ1v) is 23.9. The van der Waals surface area contributed by atoms with Gasteiger partial charge in [-0.25, -0.2) is 0 Å². The lowest BCUT2D eigenvalue weighted by molar-refractivity contribution is 0.0704. The zero-order chi connectivity index (χ0) is 38.7. The predicted octanol–water partition coefficient (Wildman–Crippen LogP) is 12.5. The fourth-order valence-electron chi connectivity index (χ4n) is 5.78. The Morgan fingerprint density at radius 1 is 0.472 bits per heavy atom.